The molecule has 2 N–H and O–H groups in total. The van der Waals surface area contributed by atoms with E-state index in [1.165, 1.54) is 45.4 Å². The minimum absolute atomic E-state index is 0.297. The van der Waals surface area contributed by atoms with Crippen LogP contribution in [0.2, 0.25) is 0 Å². The number of carbonyl (C=O) groups is 1. The van der Waals surface area contributed by atoms with Crippen molar-refractivity contribution in [3.05, 3.63) is 0 Å². The smallest absolute Gasteiger partial charge is 0.302 e. The lowest BCUT2D eigenvalue weighted by molar-refractivity contribution is -0.270. The lowest BCUT2D eigenvalue weighted by Crippen LogP contribution is -2.69. The molecule has 4 rings (SSSR count). The Morgan fingerprint density at radius 2 is 1.70 bits per heavy atom. The van der Waals surface area contributed by atoms with Crippen LogP contribution in [0.5, 0.6) is 0 Å². The van der Waals surface area contributed by atoms with Crippen LogP contribution in [0.25, 0.3) is 0 Å². The second kappa shape index (κ2) is 9.12. The Hall–Kier alpha value is -0.610. The molecule has 0 aromatic rings. The van der Waals surface area contributed by atoms with Gasteiger partial charge in [0.1, 0.15) is 12.2 Å². The number of ether oxygens (including phenoxy) is 1. The van der Waals surface area contributed by atoms with E-state index in [-0.39, 0.29) is 11.4 Å². The van der Waals surface area contributed by atoms with Crippen LogP contribution in [0.15, 0.2) is 0 Å². The number of hydrogen-bond donors (Lipinski definition) is 2. The van der Waals surface area contributed by atoms with Gasteiger partial charge in [-0.15, -0.1) is 0 Å². The maximum atomic E-state index is 11.9. The van der Waals surface area contributed by atoms with Crippen LogP contribution in [-0.4, -0.2) is 34.0 Å². The molecule has 0 aliphatic heterocycles. The van der Waals surface area contributed by atoms with Gasteiger partial charge < -0.3 is 14.9 Å². The summed E-state index contributed by atoms with van der Waals surface area (Å²) in [5, 5.41) is 23.1. The molecule has 33 heavy (non-hydrogen) atoms. The Bertz CT molecular complexity index is 720. The quantitative estimate of drug-likeness (QED) is 0.466. The maximum Gasteiger partial charge on any atom is 0.302 e. The first-order valence-corrected chi connectivity index (χ1v) is 14.0. The minimum Gasteiger partial charge on any atom is -0.460 e. The number of hydrogen-bond acceptors (Lipinski definition) is 4. The molecule has 0 spiro atoms. The summed E-state index contributed by atoms with van der Waals surface area (Å²) in [7, 11) is 0. The Kier molecular flexibility index (Phi) is 7.04. The van der Waals surface area contributed by atoms with Gasteiger partial charge >= 0.3 is 5.97 Å². The highest BCUT2D eigenvalue weighted by Crippen LogP contribution is 2.69. The van der Waals surface area contributed by atoms with Gasteiger partial charge in [-0.25, -0.2) is 0 Å². The first-order chi connectivity index (χ1) is 15.4. The lowest BCUT2D eigenvalue weighted by atomic mass is 9.42. The van der Waals surface area contributed by atoms with Gasteiger partial charge in [-0.05, 0) is 92.3 Å². The molecule has 0 radical (unpaired) electrons. The van der Waals surface area contributed by atoms with E-state index in [2.05, 4.69) is 34.6 Å². The molecule has 0 aromatic carbocycles. The van der Waals surface area contributed by atoms with Crippen molar-refractivity contribution in [2.75, 3.05) is 0 Å². The van der Waals surface area contributed by atoms with Crippen molar-refractivity contribution in [2.24, 2.45) is 46.3 Å². The summed E-state index contributed by atoms with van der Waals surface area (Å²) in [5.41, 5.74) is -1.02. The zero-order valence-corrected chi connectivity index (χ0v) is 22.1. The van der Waals surface area contributed by atoms with Crippen LogP contribution < -0.4 is 0 Å². The molecule has 4 heteroatoms. The first-order valence-electron chi connectivity index (χ1n) is 14.0. The highest BCUT2D eigenvalue weighted by molar-refractivity contribution is 5.66. The number of aliphatic hydroxyl groups is 2. The van der Waals surface area contributed by atoms with Crippen molar-refractivity contribution >= 4 is 5.97 Å². The third-order valence-corrected chi connectivity index (χ3v) is 11.4. The summed E-state index contributed by atoms with van der Waals surface area (Å²) in [4.78, 5) is 11.6. The van der Waals surface area contributed by atoms with Crippen LogP contribution in [0, 0.1) is 46.3 Å². The van der Waals surface area contributed by atoms with Crippen LogP contribution in [0.3, 0.4) is 0 Å². The number of rotatable bonds is 6. The van der Waals surface area contributed by atoms with Crippen molar-refractivity contribution in [3.63, 3.8) is 0 Å². The highest BCUT2D eigenvalue weighted by Gasteiger charge is 2.67. The fourth-order valence-corrected chi connectivity index (χ4v) is 9.63. The van der Waals surface area contributed by atoms with Crippen LogP contribution in [0.1, 0.15) is 112 Å². The van der Waals surface area contributed by atoms with Gasteiger partial charge in [0.15, 0.2) is 0 Å². The zero-order valence-electron chi connectivity index (χ0n) is 22.1. The Balaban J connectivity index is 1.50. The van der Waals surface area contributed by atoms with Gasteiger partial charge in [-0.1, -0.05) is 53.9 Å². The van der Waals surface area contributed by atoms with Gasteiger partial charge in [-0.2, -0.15) is 0 Å². The summed E-state index contributed by atoms with van der Waals surface area (Å²) in [6, 6.07) is 0. The molecule has 4 saturated carbocycles. The summed E-state index contributed by atoms with van der Waals surface area (Å²) in [6.45, 7) is 13.4. The number of carbonyl (C=O) groups excluding carboxylic acids is 1. The highest BCUT2D eigenvalue weighted by atomic mass is 16.6. The zero-order chi connectivity index (χ0) is 24.2. The van der Waals surface area contributed by atoms with E-state index >= 15 is 0 Å². The lowest BCUT2D eigenvalue weighted by Gasteiger charge is -2.65. The molecule has 4 fully saturated rings. The summed E-state index contributed by atoms with van der Waals surface area (Å²) < 4.78 is 5.42. The molecule has 0 heterocycles. The topological polar surface area (TPSA) is 66.8 Å². The molecule has 4 aliphatic rings. The average molecular weight is 463 g/mol. The molecule has 0 bridgehead atoms. The van der Waals surface area contributed by atoms with Gasteiger partial charge in [0, 0.05) is 12.3 Å². The standard InChI is InChI=1S/C29H50O4/c1-18(2)8-7-9-19(3)22-10-11-23-21-12-17-29(32)26(31)25(33-20(4)30)14-16-28(29,6)24(21)13-15-27(22,23)5/h18-19,21-26,31-32H,7-17H2,1-6H3/t19-,21-,22+,23-,24-,25+,26+,27-,28+,29+/m0/s1. The van der Waals surface area contributed by atoms with Crippen molar-refractivity contribution in [1.82, 2.24) is 0 Å². The molecular formula is C29H50O4. The van der Waals surface area contributed by atoms with Gasteiger partial charge in [0.2, 0.25) is 0 Å². The van der Waals surface area contributed by atoms with E-state index in [4.69, 9.17) is 4.74 Å². The Labute approximate surface area is 202 Å². The van der Waals surface area contributed by atoms with Crippen molar-refractivity contribution < 1.29 is 19.7 Å². The fraction of sp³-hybridized carbons (Fsp3) is 0.966. The maximum absolute atomic E-state index is 11.9. The predicted octanol–water partition coefficient (Wildman–Crippen LogP) is 6.13. The second-order valence-electron chi connectivity index (χ2n) is 13.4. The molecule has 4 nitrogen and oxygen atoms in total. The fourth-order valence-electron chi connectivity index (χ4n) is 9.63. The normalized spacial score (nSPS) is 48.0. The van der Waals surface area contributed by atoms with Crippen LogP contribution in [0.4, 0.5) is 0 Å². The second-order valence-corrected chi connectivity index (χ2v) is 13.4. The largest absolute Gasteiger partial charge is 0.460 e. The molecule has 4 aliphatic carbocycles. The van der Waals surface area contributed by atoms with Gasteiger partial charge in [0.25, 0.3) is 0 Å². The predicted molar refractivity (Wildman–Crippen MR) is 131 cm³/mol. The molecular weight excluding hydrogens is 412 g/mol. The molecule has 0 aromatic heterocycles. The van der Waals surface area contributed by atoms with Gasteiger partial charge in [-0.3, -0.25) is 4.79 Å². The third-order valence-electron chi connectivity index (χ3n) is 11.4. The summed E-state index contributed by atoms with van der Waals surface area (Å²) >= 11 is 0. The summed E-state index contributed by atoms with van der Waals surface area (Å²) in [6.07, 6.45) is 10.7. The Morgan fingerprint density at radius 1 is 0.970 bits per heavy atom. The molecule has 0 saturated heterocycles. The van der Waals surface area contributed by atoms with E-state index in [0.717, 1.165) is 42.9 Å². The molecule has 10 atom stereocenters. The number of esters is 1. The van der Waals surface area contributed by atoms with Crippen molar-refractivity contribution in [1.29, 1.82) is 0 Å². The van der Waals surface area contributed by atoms with Crippen LogP contribution >= 0.6 is 0 Å². The van der Waals surface area contributed by atoms with E-state index in [0.29, 0.717) is 30.1 Å². The summed E-state index contributed by atoms with van der Waals surface area (Å²) in [5.74, 6) is 3.91. The average Bonchev–Trinajstić information content (AvgIpc) is 3.09. The van der Waals surface area contributed by atoms with Crippen LogP contribution in [-0.2, 0) is 9.53 Å². The third kappa shape index (κ3) is 4.09. The SMILES string of the molecule is CC(=O)O[C@@H]1CC[C@]2(C)[C@H]3CC[C@@]4(C)[C@@H]([C@@H](C)CCCC(C)C)CC[C@H]4[C@@H]3CC[C@@]2(O)[C@@H]1O. The van der Waals surface area contributed by atoms with E-state index < -0.39 is 17.8 Å². The van der Waals surface area contributed by atoms with Crippen molar-refractivity contribution in [3.8, 4) is 0 Å². The van der Waals surface area contributed by atoms with E-state index in [1.807, 2.05) is 0 Å². The van der Waals surface area contributed by atoms with E-state index in [9.17, 15) is 15.0 Å². The molecule has 190 valence electrons. The Morgan fingerprint density at radius 3 is 2.36 bits per heavy atom. The van der Waals surface area contributed by atoms with Crippen molar-refractivity contribution in [2.45, 2.75) is 130 Å². The molecule has 0 amide bonds. The first kappa shape index (κ1) is 25.5. The molecule has 0 unspecified atom stereocenters. The number of aliphatic hydroxyl groups excluding tert-OH is 1. The number of fused-ring (bicyclic) bond motifs is 5. The minimum atomic E-state index is -1.15. The van der Waals surface area contributed by atoms with Gasteiger partial charge in [0.05, 0.1) is 5.60 Å². The monoisotopic (exact) mass is 462 g/mol. The van der Waals surface area contributed by atoms with E-state index in [1.54, 1.807) is 0 Å².